The molecule has 1 heterocycles. The Kier molecular flexibility index (Phi) is 5.64. The fraction of sp³-hybridized carbons (Fsp3) is 0.800. The van der Waals surface area contributed by atoms with Crippen molar-refractivity contribution in [3.63, 3.8) is 0 Å². The average Bonchev–Trinajstić information content (AvgIpc) is 2.91. The van der Waals surface area contributed by atoms with Crippen molar-refractivity contribution >= 4 is 11.3 Å². The van der Waals surface area contributed by atoms with E-state index < -0.39 is 0 Å². The summed E-state index contributed by atoms with van der Waals surface area (Å²) in [5.41, 5.74) is 1.95. The van der Waals surface area contributed by atoms with E-state index in [4.69, 9.17) is 0 Å². The fourth-order valence-corrected chi connectivity index (χ4v) is 3.88. The van der Waals surface area contributed by atoms with E-state index in [9.17, 15) is 0 Å². The maximum absolute atomic E-state index is 4.20. The first-order valence-corrected chi connectivity index (χ1v) is 8.32. The molecular weight excluding hydrogens is 240 g/mol. The highest BCUT2D eigenvalue weighted by Crippen LogP contribution is 2.33. The fourth-order valence-electron chi connectivity index (χ4n) is 3.23. The molecule has 0 aromatic carbocycles. The first kappa shape index (κ1) is 14.0. The molecule has 1 aliphatic carbocycles. The highest BCUT2D eigenvalue weighted by molar-refractivity contribution is 7.09. The molecule has 0 radical (unpaired) electrons. The third kappa shape index (κ3) is 3.79. The third-order valence-corrected chi connectivity index (χ3v) is 5.21. The normalized spacial score (nSPS) is 26.1. The van der Waals surface area contributed by atoms with E-state index in [1.807, 2.05) is 11.7 Å². The lowest BCUT2D eigenvalue weighted by molar-refractivity contribution is 0.218. The van der Waals surface area contributed by atoms with E-state index in [2.05, 4.69) is 24.1 Å². The molecule has 2 nitrogen and oxygen atoms in total. The van der Waals surface area contributed by atoms with Gasteiger partial charge in [-0.1, -0.05) is 33.1 Å². The zero-order chi connectivity index (χ0) is 12.8. The summed E-state index contributed by atoms with van der Waals surface area (Å²) < 4.78 is 0. The minimum Gasteiger partial charge on any atom is -0.314 e. The first-order chi connectivity index (χ1) is 8.83. The van der Waals surface area contributed by atoms with Gasteiger partial charge in [0.25, 0.3) is 0 Å². The number of thiazole rings is 1. The second-order valence-electron chi connectivity index (χ2n) is 5.53. The predicted octanol–water partition coefficient (Wildman–Crippen LogP) is 3.88. The number of rotatable bonds is 6. The van der Waals surface area contributed by atoms with Gasteiger partial charge in [-0.2, -0.15) is 0 Å². The van der Waals surface area contributed by atoms with Crippen molar-refractivity contribution in [2.45, 2.75) is 58.4 Å². The quantitative estimate of drug-likeness (QED) is 0.845. The van der Waals surface area contributed by atoms with Gasteiger partial charge in [-0.05, 0) is 37.6 Å². The average molecular weight is 266 g/mol. The Hall–Kier alpha value is -0.410. The van der Waals surface area contributed by atoms with Crippen molar-refractivity contribution in [1.29, 1.82) is 0 Å². The van der Waals surface area contributed by atoms with Crippen molar-refractivity contribution in [3.05, 3.63) is 16.6 Å². The molecule has 1 atom stereocenters. The molecule has 18 heavy (non-hydrogen) atoms. The Balaban J connectivity index is 1.89. The summed E-state index contributed by atoms with van der Waals surface area (Å²) in [4.78, 5) is 5.63. The summed E-state index contributed by atoms with van der Waals surface area (Å²) in [5, 5.41) is 3.70. The molecule has 1 aromatic rings. The van der Waals surface area contributed by atoms with Crippen LogP contribution in [0.5, 0.6) is 0 Å². The Morgan fingerprint density at radius 3 is 2.67 bits per heavy atom. The van der Waals surface area contributed by atoms with Crippen LogP contribution in [0.3, 0.4) is 0 Å². The minimum absolute atomic E-state index is 0.660. The number of likely N-dealkylation sites (N-methyl/N-ethyl adjacent to an activating group) is 1. The van der Waals surface area contributed by atoms with Gasteiger partial charge in [0.05, 0.1) is 5.51 Å². The number of aromatic nitrogens is 1. The molecule has 0 saturated heterocycles. The summed E-state index contributed by atoms with van der Waals surface area (Å²) in [5.74, 6) is 1.86. The molecule has 1 N–H and O–H groups in total. The topological polar surface area (TPSA) is 24.9 Å². The summed E-state index contributed by atoms with van der Waals surface area (Å²) in [6.07, 6.45) is 10.3. The van der Waals surface area contributed by atoms with Crippen molar-refractivity contribution in [3.8, 4) is 0 Å². The van der Waals surface area contributed by atoms with Crippen LogP contribution in [0.2, 0.25) is 0 Å². The Morgan fingerprint density at radius 2 is 2.11 bits per heavy atom. The first-order valence-electron chi connectivity index (χ1n) is 7.44. The summed E-state index contributed by atoms with van der Waals surface area (Å²) in [6.45, 7) is 5.64. The van der Waals surface area contributed by atoms with E-state index in [1.54, 1.807) is 11.3 Å². The van der Waals surface area contributed by atoms with Gasteiger partial charge in [-0.25, -0.2) is 0 Å². The van der Waals surface area contributed by atoms with Crippen molar-refractivity contribution < 1.29 is 0 Å². The van der Waals surface area contributed by atoms with Crippen LogP contribution in [-0.4, -0.2) is 17.6 Å². The molecule has 1 saturated carbocycles. The largest absolute Gasteiger partial charge is 0.314 e. The monoisotopic (exact) mass is 266 g/mol. The van der Waals surface area contributed by atoms with Crippen LogP contribution in [-0.2, 0) is 6.42 Å². The van der Waals surface area contributed by atoms with Gasteiger partial charge >= 0.3 is 0 Å². The van der Waals surface area contributed by atoms with Gasteiger partial charge in [0, 0.05) is 17.1 Å². The van der Waals surface area contributed by atoms with Crippen LogP contribution in [0.25, 0.3) is 0 Å². The van der Waals surface area contributed by atoms with E-state index in [0.29, 0.717) is 6.04 Å². The van der Waals surface area contributed by atoms with Crippen molar-refractivity contribution in [1.82, 2.24) is 10.3 Å². The molecule has 1 aromatic heterocycles. The van der Waals surface area contributed by atoms with E-state index >= 15 is 0 Å². The standard InChI is InChI=1S/C15H26N2S/c1-3-12-5-7-13(8-6-12)15(17-4-2)9-14-10-16-11-18-14/h10-13,15,17H,3-9H2,1-2H3. The van der Waals surface area contributed by atoms with Gasteiger partial charge in [0.1, 0.15) is 0 Å². The molecule has 1 fully saturated rings. The van der Waals surface area contributed by atoms with Gasteiger partial charge < -0.3 is 5.32 Å². The smallest absolute Gasteiger partial charge is 0.0794 e. The molecular formula is C15H26N2S. The zero-order valence-electron chi connectivity index (χ0n) is 11.7. The summed E-state index contributed by atoms with van der Waals surface area (Å²) >= 11 is 1.80. The van der Waals surface area contributed by atoms with E-state index in [-0.39, 0.29) is 0 Å². The van der Waals surface area contributed by atoms with E-state index in [1.165, 1.54) is 43.4 Å². The molecule has 1 aliphatic rings. The van der Waals surface area contributed by atoms with Gasteiger partial charge in [-0.3, -0.25) is 4.98 Å². The SMILES string of the molecule is CCNC(Cc1cncs1)C1CCC(CC)CC1. The molecule has 1 unspecified atom stereocenters. The van der Waals surface area contributed by atoms with Crippen LogP contribution < -0.4 is 5.32 Å². The van der Waals surface area contributed by atoms with Crippen molar-refractivity contribution in [2.75, 3.05) is 6.54 Å². The van der Waals surface area contributed by atoms with Gasteiger partial charge in [0.2, 0.25) is 0 Å². The molecule has 0 bridgehead atoms. The number of hydrogen-bond acceptors (Lipinski definition) is 3. The predicted molar refractivity (Wildman–Crippen MR) is 79.0 cm³/mol. The molecule has 0 amide bonds. The number of hydrogen-bond donors (Lipinski definition) is 1. The second kappa shape index (κ2) is 7.25. The Bertz CT molecular complexity index is 315. The number of nitrogens with one attached hydrogen (secondary N) is 1. The maximum atomic E-state index is 4.20. The third-order valence-electron chi connectivity index (χ3n) is 4.41. The lowest BCUT2D eigenvalue weighted by Gasteiger charge is -2.34. The Morgan fingerprint density at radius 1 is 1.33 bits per heavy atom. The van der Waals surface area contributed by atoms with Gasteiger partial charge in [0.15, 0.2) is 0 Å². The minimum atomic E-state index is 0.660. The highest BCUT2D eigenvalue weighted by atomic mass is 32.1. The van der Waals surface area contributed by atoms with Gasteiger partial charge in [-0.15, -0.1) is 11.3 Å². The Labute approximate surface area is 115 Å². The lowest BCUT2D eigenvalue weighted by Crippen LogP contribution is -2.39. The molecule has 0 aliphatic heterocycles. The molecule has 2 rings (SSSR count). The van der Waals surface area contributed by atoms with E-state index in [0.717, 1.165) is 18.4 Å². The highest BCUT2D eigenvalue weighted by Gasteiger charge is 2.26. The van der Waals surface area contributed by atoms with Crippen LogP contribution in [0.1, 0.15) is 50.8 Å². The van der Waals surface area contributed by atoms with Crippen molar-refractivity contribution in [2.24, 2.45) is 11.8 Å². The number of nitrogens with zero attached hydrogens (tertiary/aromatic N) is 1. The van der Waals surface area contributed by atoms with Crippen LogP contribution >= 0.6 is 11.3 Å². The van der Waals surface area contributed by atoms with Crippen LogP contribution in [0.15, 0.2) is 11.7 Å². The lowest BCUT2D eigenvalue weighted by atomic mass is 9.77. The zero-order valence-corrected chi connectivity index (χ0v) is 12.5. The second-order valence-corrected chi connectivity index (χ2v) is 6.50. The molecule has 3 heteroatoms. The maximum Gasteiger partial charge on any atom is 0.0794 e. The molecule has 102 valence electrons. The van der Waals surface area contributed by atoms with Crippen LogP contribution in [0, 0.1) is 11.8 Å². The summed E-state index contributed by atoms with van der Waals surface area (Å²) in [6, 6.07) is 0.660. The van der Waals surface area contributed by atoms with Crippen LogP contribution in [0.4, 0.5) is 0 Å². The summed E-state index contributed by atoms with van der Waals surface area (Å²) in [7, 11) is 0. The molecule has 0 spiro atoms.